The van der Waals surface area contributed by atoms with Crippen LogP contribution in [-0.2, 0) is 0 Å². The van der Waals surface area contributed by atoms with E-state index < -0.39 is 0 Å². The van der Waals surface area contributed by atoms with Crippen LogP contribution >= 0.6 is 23.2 Å². The van der Waals surface area contributed by atoms with E-state index in [4.69, 9.17) is 23.2 Å². The van der Waals surface area contributed by atoms with Crippen molar-refractivity contribution >= 4 is 34.8 Å². The maximum Gasteiger partial charge on any atom is 0.173 e. The van der Waals surface area contributed by atoms with Crippen LogP contribution < -0.4 is 5.32 Å². The van der Waals surface area contributed by atoms with E-state index in [2.05, 4.69) is 15.3 Å². The van der Waals surface area contributed by atoms with Crippen LogP contribution in [-0.4, -0.2) is 22.3 Å². The van der Waals surface area contributed by atoms with Gasteiger partial charge in [-0.2, -0.15) is 0 Å². The molecule has 1 atom stereocenters. The maximum absolute atomic E-state index is 13.0. The summed E-state index contributed by atoms with van der Waals surface area (Å²) in [5, 5.41) is 4.06. The molecule has 0 amide bonds. The minimum Gasteiger partial charge on any atom is -0.369 e. The number of halogens is 2. The SMILES string of the molecule is O=C(c1ccc(Cl)cc1Cl)C1CNc2ncc(-c3cccnc3)cc21. The zero-order valence-electron chi connectivity index (χ0n) is 13.0. The van der Waals surface area contributed by atoms with Gasteiger partial charge in [-0.3, -0.25) is 9.78 Å². The number of ketones is 1. The Bertz CT molecular complexity index is 960. The monoisotopic (exact) mass is 369 g/mol. The van der Waals surface area contributed by atoms with Gasteiger partial charge < -0.3 is 5.32 Å². The Morgan fingerprint density at radius 3 is 2.76 bits per heavy atom. The lowest BCUT2D eigenvalue weighted by molar-refractivity contribution is 0.0966. The van der Waals surface area contributed by atoms with Gasteiger partial charge >= 0.3 is 0 Å². The Hall–Kier alpha value is -2.43. The largest absolute Gasteiger partial charge is 0.369 e. The molecule has 1 N–H and O–H groups in total. The summed E-state index contributed by atoms with van der Waals surface area (Å²) in [5.41, 5.74) is 3.23. The van der Waals surface area contributed by atoms with Crippen molar-refractivity contribution in [1.29, 1.82) is 0 Å². The van der Waals surface area contributed by atoms with Crippen molar-refractivity contribution < 1.29 is 4.79 Å². The zero-order chi connectivity index (χ0) is 17.4. The minimum absolute atomic E-state index is 0.0435. The van der Waals surface area contributed by atoms with E-state index in [0.717, 1.165) is 22.5 Å². The molecular weight excluding hydrogens is 357 g/mol. The summed E-state index contributed by atoms with van der Waals surface area (Å²) in [6.45, 7) is 0.497. The number of fused-ring (bicyclic) bond motifs is 1. The van der Waals surface area contributed by atoms with Gasteiger partial charge in [0.1, 0.15) is 5.82 Å². The van der Waals surface area contributed by atoms with E-state index in [-0.39, 0.29) is 11.7 Å². The second-order valence-corrected chi connectivity index (χ2v) is 6.67. The fourth-order valence-corrected chi connectivity index (χ4v) is 3.51. The van der Waals surface area contributed by atoms with Crippen LogP contribution in [0.5, 0.6) is 0 Å². The molecule has 124 valence electrons. The minimum atomic E-state index is -0.335. The van der Waals surface area contributed by atoms with E-state index >= 15 is 0 Å². The van der Waals surface area contributed by atoms with Crippen molar-refractivity contribution in [3.63, 3.8) is 0 Å². The fraction of sp³-hybridized carbons (Fsp3) is 0.105. The molecule has 1 aliphatic heterocycles. The number of benzene rings is 1. The number of hydrogen-bond donors (Lipinski definition) is 1. The molecule has 0 spiro atoms. The van der Waals surface area contributed by atoms with Crippen molar-refractivity contribution in [1.82, 2.24) is 9.97 Å². The van der Waals surface area contributed by atoms with E-state index in [1.807, 2.05) is 18.2 Å². The van der Waals surface area contributed by atoms with Crippen LogP contribution in [0.1, 0.15) is 21.8 Å². The first kappa shape index (κ1) is 16.1. The molecule has 25 heavy (non-hydrogen) atoms. The molecule has 0 saturated heterocycles. The Kier molecular flexibility index (Phi) is 4.15. The zero-order valence-corrected chi connectivity index (χ0v) is 14.6. The maximum atomic E-state index is 13.0. The predicted octanol–water partition coefficient (Wildman–Crippen LogP) is 4.84. The molecule has 3 heterocycles. The number of nitrogens with one attached hydrogen (secondary N) is 1. The number of aromatic nitrogens is 2. The molecule has 1 aliphatic rings. The molecule has 1 aromatic carbocycles. The van der Waals surface area contributed by atoms with Crippen molar-refractivity contribution in [2.45, 2.75) is 5.92 Å². The van der Waals surface area contributed by atoms with Gasteiger partial charge in [0.25, 0.3) is 0 Å². The van der Waals surface area contributed by atoms with Gasteiger partial charge in [-0.15, -0.1) is 0 Å². The third kappa shape index (κ3) is 2.99. The lowest BCUT2D eigenvalue weighted by Gasteiger charge is -2.11. The first-order chi connectivity index (χ1) is 12.1. The smallest absolute Gasteiger partial charge is 0.173 e. The summed E-state index contributed by atoms with van der Waals surface area (Å²) >= 11 is 12.1. The average molecular weight is 370 g/mol. The molecule has 3 aromatic rings. The first-order valence-corrected chi connectivity index (χ1v) is 8.52. The lowest BCUT2D eigenvalue weighted by Crippen LogP contribution is -2.15. The molecule has 4 nitrogen and oxygen atoms in total. The average Bonchev–Trinajstić information content (AvgIpc) is 3.05. The fourth-order valence-electron chi connectivity index (χ4n) is 3.01. The highest BCUT2D eigenvalue weighted by atomic mass is 35.5. The van der Waals surface area contributed by atoms with Gasteiger partial charge in [-0.05, 0) is 30.3 Å². The molecule has 0 aliphatic carbocycles. The number of carbonyl (C=O) groups excluding carboxylic acids is 1. The number of rotatable bonds is 3. The highest BCUT2D eigenvalue weighted by Crippen LogP contribution is 2.36. The second-order valence-electron chi connectivity index (χ2n) is 5.83. The highest BCUT2D eigenvalue weighted by Gasteiger charge is 2.31. The molecule has 0 bridgehead atoms. The van der Waals surface area contributed by atoms with Crippen LogP contribution in [0.4, 0.5) is 5.82 Å². The summed E-state index contributed by atoms with van der Waals surface area (Å²) in [5.74, 6) is 0.354. The van der Waals surface area contributed by atoms with E-state index in [9.17, 15) is 4.79 Å². The number of pyridine rings is 2. The molecule has 1 unspecified atom stereocenters. The van der Waals surface area contributed by atoms with Crippen molar-refractivity contribution in [3.8, 4) is 11.1 Å². The van der Waals surface area contributed by atoms with Gasteiger partial charge in [0.05, 0.1) is 10.9 Å². The van der Waals surface area contributed by atoms with Crippen molar-refractivity contribution in [2.75, 3.05) is 11.9 Å². The topological polar surface area (TPSA) is 54.9 Å². The summed E-state index contributed by atoms with van der Waals surface area (Å²) in [4.78, 5) is 21.6. The molecule has 4 rings (SSSR count). The normalized spacial score (nSPS) is 15.5. The van der Waals surface area contributed by atoms with Crippen LogP contribution in [0.3, 0.4) is 0 Å². The molecule has 0 saturated carbocycles. The van der Waals surface area contributed by atoms with Gasteiger partial charge in [0.15, 0.2) is 5.78 Å². The van der Waals surface area contributed by atoms with Crippen molar-refractivity contribution in [2.24, 2.45) is 0 Å². The Labute approximate surface area is 154 Å². The molecule has 6 heteroatoms. The van der Waals surface area contributed by atoms with E-state index in [1.165, 1.54) is 0 Å². The van der Waals surface area contributed by atoms with Crippen LogP contribution in [0, 0.1) is 0 Å². The first-order valence-electron chi connectivity index (χ1n) is 7.77. The molecular formula is C19H13Cl2N3O. The van der Waals surface area contributed by atoms with Gasteiger partial charge in [-0.25, -0.2) is 4.98 Å². The molecule has 0 radical (unpaired) electrons. The quantitative estimate of drug-likeness (QED) is 0.670. The summed E-state index contributed by atoms with van der Waals surface area (Å²) < 4.78 is 0. The van der Waals surface area contributed by atoms with Crippen LogP contribution in [0.2, 0.25) is 10.0 Å². The molecule has 2 aromatic heterocycles. The van der Waals surface area contributed by atoms with Gasteiger partial charge in [0.2, 0.25) is 0 Å². The Morgan fingerprint density at radius 2 is 2.00 bits per heavy atom. The number of nitrogens with zero attached hydrogens (tertiary/aromatic N) is 2. The summed E-state index contributed by atoms with van der Waals surface area (Å²) in [6.07, 6.45) is 5.28. The van der Waals surface area contributed by atoms with Crippen molar-refractivity contribution in [3.05, 3.63) is 76.2 Å². The van der Waals surface area contributed by atoms with E-state index in [1.54, 1.807) is 36.8 Å². The third-order valence-corrected chi connectivity index (χ3v) is 4.82. The second kappa shape index (κ2) is 6.47. The molecule has 0 fully saturated rings. The lowest BCUT2D eigenvalue weighted by atomic mass is 9.92. The number of anilines is 1. The van der Waals surface area contributed by atoms with Gasteiger partial charge in [0, 0.05) is 52.4 Å². The number of carbonyl (C=O) groups is 1. The number of Topliss-reactive ketones (excluding diaryl/α,β-unsaturated/α-hetero) is 1. The van der Waals surface area contributed by atoms with E-state index in [0.29, 0.717) is 22.2 Å². The predicted molar refractivity (Wildman–Crippen MR) is 99.5 cm³/mol. The van der Waals surface area contributed by atoms with Crippen LogP contribution in [0.15, 0.2) is 55.0 Å². The highest BCUT2D eigenvalue weighted by molar-refractivity contribution is 6.37. The standard InChI is InChI=1S/C19H13Cl2N3O/c20-13-3-4-14(17(21)7-13)18(25)16-10-24-19-15(16)6-12(9-23-19)11-2-1-5-22-8-11/h1-9,16H,10H2,(H,23,24). The summed E-state index contributed by atoms with van der Waals surface area (Å²) in [6, 6.07) is 10.8. The summed E-state index contributed by atoms with van der Waals surface area (Å²) in [7, 11) is 0. The Morgan fingerprint density at radius 1 is 1.12 bits per heavy atom. The number of hydrogen-bond acceptors (Lipinski definition) is 4. The Balaban J connectivity index is 1.72. The van der Waals surface area contributed by atoms with Crippen LogP contribution in [0.25, 0.3) is 11.1 Å². The van der Waals surface area contributed by atoms with Gasteiger partial charge in [-0.1, -0.05) is 29.3 Å². The third-order valence-electron chi connectivity index (χ3n) is 4.27.